The number of carbonyl (C=O) groups is 1. The van der Waals surface area contributed by atoms with E-state index < -0.39 is 6.10 Å². The fraction of sp³-hybridized carbons (Fsp3) is 0.667. The van der Waals surface area contributed by atoms with Crippen molar-refractivity contribution in [3.8, 4) is 5.75 Å². The molecular formula is C21H35ClN2O2. The van der Waals surface area contributed by atoms with Crippen LogP contribution in [0.1, 0.15) is 53.0 Å². The molecule has 1 amide bonds. The van der Waals surface area contributed by atoms with Crippen LogP contribution in [0.4, 0.5) is 0 Å². The number of hydrogen-bond acceptors (Lipinski definition) is 3. The third kappa shape index (κ3) is 6.48. The van der Waals surface area contributed by atoms with Crippen molar-refractivity contribution in [2.45, 2.75) is 59.0 Å². The minimum absolute atomic E-state index is 0. The number of carbonyl (C=O) groups excluding carboxylic acids is 1. The summed E-state index contributed by atoms with van der Waals surface area (Å²) in [6.45, 7) is 14.3. The maximum absolute atomic E-state index is 12.6. The summed E-state index contributed by atoms with van der Waals surface area (Å²) >= 11 is 0. The van der Waals surface area contributed by atoms with Gasteiger partial charge in [0.05, 0.1) is 0 Å². The van der Waals surface area contributed by atoms with E-state index in [4.69, 9.17) is 4.74 Å². The molecule has 0 aromatic heterocycles. The van der Waals surface area contributed by atoms with Crippen molar-refractivity contribution in [1.29, 1.82) is 0 Å². The third-order valence-electron chi connectivity index (χ3n) is 4.99. The molecule has 0 aliphatic carbocycles. The van der Waals surface area contributed by atoms with Gasteiger partial charge in [0, 0.05) is 13.1 Å². The van der Waals surface area contributed by atoms with E-state index in [1.807, 2.05) is 24.0 Å². The van der Waals surface area contributed by atoms with Gasteiger partial charge in [-0.2, -0.15) is 0 Å². The van der Waals surface area contributed by atoms with Gasteiger partial charge in [0.1, 0.15) is 5.75 Å². The number of amides is 1. The van der Waals surface area contributed by atoms with Crippen LogP contribution in [0.15, 0.2) is 24.3 Å². The van der Waals surface area contributed by atoms with Crippen LogP contribution >= 0.6 is 12.4 Å². The molecule has 5 heteroatoms. The summed E-state index contributed by atoms with van der Waals surface area (Å²) in [5.74, 6) is 1.54. The molecule has 2 rings (SSSR count). The van der Waals surface area contributed by atoms with E-state index in [9.17, 15) is 4.79 Å². The number of nitrogens with zero attached hydrogens (tertiary/aromatic N) is 1. The van der Waals surface area contributed by atoms with Gasteiger partial charge in [0.2, 0.25) is 0 Å². The third-order valence-corrected chi connectivity index (χ3v) is 4.99. The Balaban J connectivity index is 0.00000338. The minimum Gasteiger partial charge on any atom is -0.481 e. The summed E-state index contributed by atoms with van der Waals surface area (Å²) in [5, 5.41) is 3.40. The smallest absolute Gasteiger partial charge is 0.263 e. The molecule has 1 aromatic carbocycles. The van der Waals surface area contributed by atoms with E-state index in [0.29, 0.717) is 5.92 Å². The van der Waals surface area contributed by atoms with Gasteiger partial charge in [0.25, 0.3) is 5.91 Å². The van der Waals surface area contributed by atoms with Gasteiger partial charge < -0.3 is 15.0 Å². The van der Waals surface area contributed by atoms with Crippen LogP contribution in [0.3, 0.4) is 0 Å². The van der Waals surface area contributed by atoms with Crippen LogP contribution in [0.25, 0.3) is 0 Å². The summed E-state index contributed by atoms with van der Waals surface area (Å²) < 4.78 is 5.89. The van der Waals surface area contributed by atoms with E-state index in [1.165, 1.54) is 5.56 Å². The van der Waals surface area contributed by atoms with Gasteiger partial charge in [-0.15, -0.1) is 12.4 Å². The lowest BCUT2D eigenvalue weighted by atomic mass is 9.87. The molecule has 1 atom stereocenters. The van der Waals surface area contributed by atoms with Gasteiger partial charge in [-0.25, -0.2) is 0 Å². The summed E-state index contributed by atoms with van der Waals surface area (Å²) in [6.07, 6.45) is 1.71. The number of hydrogen-bond donors (Lipinski definition) is 1. The lowest BCUT2D eigenvalue weighted by Gasteiger charge is -2.33. The summed E-state index contributed by atoms with van der Waals surface area (Å²) in [5.41, 5.74) is 1.39. The molecule has 148 valence electrons. The highest BCUT2D eigenvalue weighted by Gasteiger charge is 2.27. The van der Waals surface area contributed by atoms with Crippen molar-refractivity contribution in [2.75, 3.05) is 26.2 Å². The zero-order chi connectivity index (χ0) is 18.4. The Morgan fingerprint density at radius 2 is 1.81 bits per heavy atom. The highest BCUT2D eigenvalue weighted by Crippen LogP contribution is 2.25. The molecule has 1 aliphatic heterocycles. The molecule has 0 radical (unpaired) electrons. The average molecular weight is 383 g/mol. The molecular weight excluding hydrogens is 348 g/mol. The van der Waals surface area contributed by atoms with Crippen molar-refractivity contribution >= 4 is 18.3 Å². The van der Waals surface area contributed by atoms with Crippen LogP contribution in [0.5, 0.6) is 5.75 Å². The van der Waals surface area contributed by atoms with Crippen molar-refractivity contribution in [3.63, 3.8) is 0 Å². The molecule has 26 heavy (non-hydrogen) atoms. The Morgan fingerprint density at radius 3 is 2.31 bits per heavy atom. The number of piperidine rings is 1. The fourth-order valence-electron chi connectivity index (χ4n) is 3.25. The SMILES string of the molecule is CCNCC1CCN(C(=O)C(C)Oc2ccc(C(C)(C)C)cc2)CC1.Cl. The number of ether oxygens (including phenoxy) is 1. The highest BCUT2D eigenvalue weighted by molar-refractivity contribution is 5.85. The number of likely N-dealkylation sites (tertiary alicyclic amines) is 1. The van der Waals surface area contributed by atoms with Gasteiger partial charge >= 0.3 is 0 Å². The minimum atomic E-state index is -0.439. The van der Waals surface area contributed by atoms with Gasteiger partial charge in [-0.05, 0) is 61.9 Å². The molecule has 1 saturated heterocycles. The average Bonchev–Trinajstić information content (AvgIpc) is 2.59. The first-order chi connectivity index (χ1) is 11.8. The standard InChI is InChI=1S/C21H34N2O2.ClH/c1-6-22-15-17-11-13-23(14-12-17)20(24)16(2)25-19-9-7-18(8-10-19)21(3,4)5;/h7-10,16-17,22H,6,11-15H2,1-5H3;1H. The molecule has 4 nitrogen and oxygen atoms in total. The van der Waals surface area contributed by atoms with Crippen LogP contribution in [-0.4, -0.2) is 43.1 Å². The number of halogens is 1. The van der Waals surface area contributed by atoms with Crippen LogP contribution in [0.2, 0.25) is 0 Å². The molecule has 0 spiro atoms. The Labute approximate surface area is 165 Å². The Hall–Kier alpha value is -1.26. The van der Waals surface area contributed by atoms with Crippen molar-refractivity contribution in [1.82, 2.24) is 10.2 Å². The lowest BCUT2D eigenvalue weighted by molar-refractivity contribution is -0.139. The predicted molar refractivity (Wildman–Crippen MR) is 110 cm³/mol. The van der Waals surface area contributed by atoms with Gasteiger partial charge in [0.15, 0.2) is 6.10 Å². The first-order valence-electron chi connectivity index (χ1n) is 9.58. The number of rotatable bonds is 6. The maximum atomic E-state index is 12.6. The van der Waals surface area contributed by atoms with E-state index in [2.05, 4.69) is 45.1 Å². The van der Waals surface area contributed by atoms with Crippen molar-refractivity contribution in [2.24, 2.45) is 5.92 Å². The van der Waals surface area contributed by atoms with Crippen molar-refractivity contribution in [3.05, 3.63) is 29.8 Å². The second-order valence-corrected chi connectivity index (χ2v) is 8.11. The first kappa shape index (κ1) is 22.8. The van der Waals surface area contributed by atoms with E-state index in [0.717, 1.165) is 44.8 Å². The van der Waals surface area contributed by atoms with Crippen molar-refractivity contribution < 1.29 is 9.53 Å². The number of nitrogens with one attached hydrogen (secondary N) is 1. The van der Waals surface area contributed by atoms with Crippen LogP contribution in [0, 0.1) is 5.92 Å². The predicted octanol–water partition coefficient (Wildman–Crippen LogP) is 4.02. The highest BCUT2D eigenvalue weighted by atomic mass is 35.5. The molecule has 0 bridgehead atoms. The zero-order valence-electron chi connectivity index (χ0n) is 16.9. The normalized spacial score (nSPS) is 16.7. The molecule has 1 heterocycles. The zero-order valence-corrected chi connectivity index (χ0v) is 17.7. The van der Waals surface area contributed by atoms with Crippen LogP contribution < -0.4 is 10.1 Å². The van der Waals surface area contributed by atoms with E-state index in [1.54, 1.807) is 0 Å². The fourth-order valence-corrected chi connectivity index (χ4v) is 3.25. The molecule has 1 fully saturated rings. The molecule has 1 aliphatic rings. The largest absolute Gasteiger partial charge is 0.481 e. The van der Waals surface area contributed by atoms with Crippen LogP contribution in [-0.2, 0) is 10.2 Å². The quantitative estimate of drug-likeness (QED) is 0.807. The Bertz CT molecular complexity index is 546. The van der Waals surface area contributed by atoms with E-state index >= 15 is 0 Å². The van der Waals surface area contributed by atoms with E-state index in [-0.39, 0.29) is 23.7 Å². The molecule has 0 saturated carbocycles. The summed E-state index contributed by atoms with van der Waals surface area (Å²) in [4.78, 5) is 14.6. The molecule has 1 unspecified atom stereocenters. The summed E-state index contributed by atoms with van der Waals surface area (Å²) in [7, 11) is 0. The van der Waals surface area contributed by atoms with Gasteiger partial charge in [-0.3, -0.25) is 4.79 Å². The summed E-state index contributed by atoms with van der Waals surface area (Å²) in [6, 6.07) is 8.09. The second kappa shape index (κ2) is 10.2. The second-order valence-electron chi connectivity index (χ2n) is 8.11. The maximum Gasteiger partial charge on any atom is 0.263 e. The molecule has 1 aromatic rings. The lowest BCUT2D eigenvalue weighted by Crippen LogP contribution is -2.45. The first-order valence-corrected chi connectivity index (χ1v) is 9.58. The Morgan fingerprint density at radius 1 is 1.23 bits per heavy atom. The number of benzene rings is 1. The van der Waals surface area contributed by atoms with Gasteiger partial charge in [-0.1, -0.05) is 39.8 Å². The topological polar surface area (TPSA) is 41.6 Å². The molecule has 1 N–H and O–H groups in total. The monoisotopic (exact) mass is 382 g/mol. The Kier molecular flexibility index (Phi) is 8.91.